The second-order valence-corrected chi connectivity index (χ2v) is 12.8. The van der Waals surface area contributed by atoms with E-state index < -0.39 is 11.7 Å². The fourth-order valence-corrected chi connectivity index (χ4v) is 6.15. The third-order valence-corrected chi connectivity index (χ3v) is 8.61. The number of rotatable bonds is 9. The lowest BCUT2D eigenvalue weighted by Crippen LogP contribution is -2.45. The Hall–Kier alpha value is -4.18. The summed E-state index contributed by atoms with van der Waals surface area (Å²) in [6, 6.07) is 16.3. The number of aldehydes is 1. The van der Waals surface area contributed by atoms with Crippen LogP contribution in [0.5, 0.6) is 11.6 Å². The van der Waals surface area contributed by atoms with E-state index in [-0.39, 0.29) is 12.6 Å². The Kier molecular flexibility index (Phi) is 10.7. The van der Waals surface area contributed by atoms with Gasteiger partial charge in [-0.3, -0.25) is 9.78 Å². The smallest absolute Gasteiger partial charge is 0.410 e. The lowest BCUT2D eigenvalue weighted by molar-refractivity contribution is -0.00826. The van der Waals surface area contributed by atoms with Crippen molar-refractivity contribution in [2.24, 2.45) is 0 Å². The molecule has 1 aliphatic heterocycles. The molecule has 1 aliphatic rings. The molecule has 2 aromatic heterocycles. The van der Waals surface area contributed by atoms with Crippen molar-refractivity contribution in [3.8, 4) is 45.3 Å². The van der Waals surface area contributed by atoms with E-state index in [0.717, 1.165) is 11.8 Å². The highest BCUT2D eigenvalue weighted by Gasteiger charge is 2.31. The summed E-state index contributed by atoms with van der Waals surface area (Å²) in [6.45, 7) is 6.98. The molecule has 5 rings (SSSR count). The normalized spacial score (nSPS) is 13.6. The van der Waals surface area contributed by atoms with Crippen LogP contribution >= 0.6 is 23.2 Å². The van der Waals surface area contributed by atoms with Crippen LogP contribution < -0.4 is 9.47 Å². The number of amides is 1. The molecule has 0 aliphatic carbocycles. The van der Waals surface area contributed by atoms with Crippen LogP contribution in [-0.4, -0.2) is 66.3 Å². The van der Waals surface area contributed by atoms with Gasteiger partial charge in [0.1, 0.15) is 11.4 Å². The molecule has 246 valence electrons. The summed E-state index contributed by atoms with van der Waals surface area (Å²) in [5.41, 5.74) is 4.36. The Morgan fingerprint density at radius 1 is 0.979 bits per heavy atom. The SMILES string of the molecule is COc1cc(-c2nccc(-c3cccc(-c4ccc(CN(C(=O)OC(C)(C)C)C5CCOCC5)c(OC)n4)c3Cl)c2Cl)ccc1C=O. The Labute approximate surface area is 284 Å². The van der Waals surface area contributed by atoms with Gasteiger partial charge in [-0.15, -0.1) is 0 Å². The van der Waals surface area contributed by atoms with Crippen LogP contribution in [-0.2, 0) is 16.0 Å². The zero-order valence-electron chi connectivity index (χ0n) is 27.0. The Balaban J connectivity index is 1.48. The Bertz CT molecular complexity index is 1770. The van der Waals surface area contributed by atoms with E-state index in [9.17, 15) is 9.59 Å². The molecule has 2 aromatic carbocycles. The van der Waals surface area contributed by atoms with Crippen LogP contribution in [0.25, 0.3) is 33.6 Å². The number of halogens is 2. The van der Waals surface area contributed by atoms with E-state index in [2.05, 4.69) is 4.98 Å². The van der Waals surface area contributed by atoms with E-state index in [4.69, 9.17) is 47.1 Å². The van der Waals surface area contributed by atoms with Crippen molar-refractivity contribution in [3.63, 3.8) is 0 Å². The van der Waals surface area contributed by atoms with E-state index in [1.165, 1.54) is 7.11 Å². The van der Waals surface area contributed by atoms with Crippen LogP contribution in [0.4, 0.5) is 4.79 Å². The molecule has 0 spiro atoms. The van der Waals surface area contributed by atoms with Gasteiger partial charge < -0.3 is 23.8 Å². The highest BCUT2D eigenvalue weighted by Crippen LogP contribution is 2.42. The molecule has 1 saturated heterocycles. The molecule has 1 amide bonds. The summed E-state index contributed by atoms with van der Waals surface area (Å²) < 4.78 is 22.4. The fraction of sp³-hybridized carbons (Fsp3) is 0.333. The molecule has 0 bridgehead atoms. The van der Waals surface area contributed by atoms with Gasteiger partial charge in [0.15, 0.2) is 6.29 Å². The van der Waals surface area contributed by atoms with E-state index >= 15 is 0 Å². The molecule has 9 nitrogen and oxygen atoms in total. The summed E-state index contributed by atoms with van der Waals surface area (Å²) >= 11 is 14.0. The maximum Gasteiger partial charge on any atom is 0.410 e. The number of carbonyl (C=O) groups excluding carboxylic acids is 2. The third kappa shape index (κ3) is 7.70. The second-order valence-electron chi connectivity index (χ2n) is 12.1. The van der Waals surface area contributed by atoms with Crippen molar-refractivity contribution in [1.29, 1.82) is 0 Å². The molecule has 0 unspecified atom stereocenters. The van der Waals surface area contributed by atoms with Crippen molar-refractivity contribution >= 4 is 35.6 Å². The molecule has 1 fully saturated rings. The predicted octanol–water partition coefficient (Wildman–Crippen LogP) is 8.53. The molecular weight excluding hydrogens is 641 g/mol. The predicted molar refractivity (Wildman–Crippen MR) is 182 cm³/mol. The number of carbonyl (C=O) groups is 2. The van der Waals surface area contributed by atoms with E-state index in [1.54, 1.807) is 42.5 Å². The topological polar surface area (TPSA) is 100 Å². The highest BCUT2D eigenvalue weighted by molar-refractivity contribution is 6.39. The van der Waals surface area contributed by atoms with Crippen LogP contribution in [0, 0.1) is 0 Å². The van der Waals surface area contributed by atoms with E-state index in [0.29, 0.717) is 86.9 Å². The van der Waals surface area contributed by atoms with Gasteiger partial charge in [-0.1, -0.05) is 47.5 Å². The minimum Gasteiger partial charge on any atom is -0.496 e. The van der Waals surface area contributed by atoms with Crippen molar-refractivity contribution in [1.82, 2.24) is 14.9 Å². The molecule has 0 radical (unpaired) electrons. The summed E-state index contributed by atoms with van der Waals surface area (Å²) in [5, 5.41) is 0.837. The summed E-state index contributed by atoms with van der Waals surface area (Å²) in [4.78, 5) is 35.8. The Morgan fingerprint density at radius 3 is 2.38 bits per heavy atom. The van der Waals surface area contributed by atoms with Crippen LogP contribution in [0.1, 0.15) is 49.5 Å². The monoisotopic (exact) mass is 677 g/mol. The van der Waals surface area contributed by atoms with Gasteiger partial charge in [-0.2, -0.15) is 0 Å². The molecule has 0 atom stereocenters. The zero-order chi connectivity index (χ0) is 33.7. The zero-order valence-corrected chi connectivity index (χ0v) is 28.5. The summed E-state index contributed by atoms with van der Waals surface area (Å²) in [6.07, 6.45) is 3.43. The number of ether oxygens (including phenoxy) is 4. The van der Waals surface area contributed by atoms with Crippen molar-refractivity contribution in [2.45, 2.75) is 51.8 Å². The maximum atomic E-state index is 13.3. The van der Waals surface area contributed by atoms with Gasteiger partial charge in [-0.05, 0) is 63.9 Å². The minimum atomic E-state index is -0.638. The van der Waals surface area contributed by atoms with Crippen LogP contribution in [0.15, 0.2) is 60.8 Å². The van der Waals surface area contributed by atoms with Crippen molar-refractivity contribution in [3.05, 3.63) is 82.0 Å². The van der Waals surface area contributed by atoms with Crippen molar-refractivity contribution in [2.75, 3.05) is 27.4 Å². The quantitative estimate of drug-likeness (QED) is 0.163. The van der Waals surface area contributed by atoms with Gasteiger partial charge in [0, 0.05) is 53.3 Å². The van der Waals surface area contributed by atoms with Gasteiger partial charge in [0.2, 0.25) is 5.88 Å². The number of benzene rings is 2. The first-order valence-electron chi connectivity index (χ1n) is 15.2. The number of aromatic nitrogens is 2. The maximum absolute atomic E-state index is 13.3. The average molecular weight is 679 g/mol. The fourth-order valence-electron chi connectivity index (χ4n) is 5.51. The molecule has 0 saturated carbocycles. The molecule has 47 heavy (non-hydrogen) atoms. The Morgan fingerprint density at radius 2 is 1.70 bits per heavy atom. The number of hydrogen-bond acceptors (Lipinski definition) is 8. The van der Waals surface area contributed by atoms with Crippen molar-refractivity contribution < 1.29 is 28.5 Å². The highest BCUT2D eigenvalue weighted by atomic mass is 35.5. The number of hydrogen-bond donors (Lipinski definition) is 0. The second kappa shape index (κ2) is 14.7. The number of nitrogens with zero attached hydrogens (tertiary/aromatic N) is 3. The molecule has 11 heteroatoms. The summed E-state index contributed by atoms with van der Waals surface area (Å²) in [5.74, 6) is 0.799. The lowest BCUT2D eigenvalue weighted by atomic mass is 9.99. The molecular formula is C36H37Cl2N3O6. The minimum absolute atomic E-state index is 0.0341. The first-order valence-corrected chi connectivity index (χ1v) is 16.0. The molecule has 3 heterocycles. The number of methoxy groups -OCH3 is 2. The number of pyridine rings is 2. The summed E-state index contributed by atoms with van der Waals surface area (Å²) in [7, 11) is 3.05. The first-order chi connectivity index (χ1) is 22.5. The third-order valence-electron chi connectivity index (χ3n) is 7.82. The van der Waals surface area contributed by atoms with Gasteiger partial charge >= 0.3 is 6.09 Å². The largest absolute Gasteiger partial charge is 0.496 e. The molecule has 4 aromatic rings. The van der Waals surface area contributed by atoms with Gasteiger partial charge in [0.25, 0.3) is 0 Å². The standard InChI is InChI=1S/C36H37Cl2N3O6/c1-36(2,3)47-35(43)41(25-14-17-46-18-15-25)20-23-11-12-29(40-34(23)45-5)28-8-6-7-26(31(28)37)27-13-16-39-33(32(27)38)22-9-10-24(21-42)30(19-22)44-4/h6-13,16,19,21,25H,14-15,17-18,20H2,1-5H3. The van der Waals surface area contributed by atoms with Crippen LogP contribution in [0.3, 0.4) is 0 Å². The lowest BCUT2D eigenvalue weighted by Gasteiger charge is -2.35. The van der Waals surface area contributed by atoms with E-state index in [1.807, 2.05) is 51.1 Å². The first kappa shape index (κ1) is 34.2. The van der Waals surface area contributed by atoms with Gasteiger partial charge in [-0.25, -0.2) is 9.78 Å². The van der Waals surface area contributed by atoms with Crippen LogP contribution in [0.2, 0.25) is 10.0 Å². The van der Waals surface area contributed by atoms with Gasteiger partial charge in [0.05, 0.1) is 47.8 Å². The average Bonchev–Trinajstić information content (AvgIpc) is 3.07. The molecule has 0 N–H and O–H groups in total.